The van der Waals surface area contributed by atoms with Crippen LogP contribution < -0.4 is 10.1 Å². The van der Waals surface area contributed by atoms with E-state index in [2.05, 4.69) is 10.3 Å². The highest BCUT2D eigenvalue weighted by atomic mass is 35.5. The third-order valence-electron chi connectivity index (χ3n) is 6.17. The summed E-state index contributed by atoms with van der Waals surface area (Å²) in [5, 5.41) is 3.87. The molecule has 0 radical (unpaired) electrons. The molecule has 2 aliphatic rings. The first-order chi connectivity index (χ1) is 15.9. The van der Waals surface area contributed by atoms with Crippen LogP contribution in [0.15, 0.2) is 42.6 Å². The molecule has 2 aliphatic carbocycles. The fourth-order valence-corrected chi connectivity index (χ4v) is 4.19. The molecule has 2 atom stereocenters. The predicted molar refractivity (Wildman–Crippen MR) is 125 cm³/mol. The highest BCUT2D eigenvalue weighted by molar-refractivity contribution is 6.31. The molecule has 33 heavy (non-hydrogen) atoms. The number of benzene rings is 2. The average molecular weight is 467 g/mol. The van der Waals surface area contributed by atoms with Crippen molar-refractivity contribution < 1.29 is 18.7 Å². The number of halogens is 2. The van der Waals surface area contributed by atoms with Crippen molar-refractivity contribution in [2.45, 2.75) is 51.2 Å². The van der Waals surface area contributed by atoms with Crippen molar-refractivity contribution in [2.24, 2.45) is 5.92 Å². The molecule has 2 aromatic carbocycles. The van der Waals surface area contributed by atoms with Gasteiger partial charge in [0, 0.05) is 41.4 Å². The Balaban J connectivity index is 1.37. The van der Waals surface area contributed by atoms with Gasteiger partial charge in [-0.15, -0.1) is 0 Å². The van der Waals surface area contributed by atoms with Crippen LogP contribution >= 0.6 is 11.6 Å². The molecule has 1 heterocycles. The van der Waals surface area contributed by atoms with Crippen LogP contribution in [0.4, 0.5) is 4.39 Å². The highest BCUT2D eigenvalue weighted by Crippen LogP contribution is 2.35. The van der Waals surface area contributed by atoms with Crippen molar-refractivity contribution in [1.29, 1.82) is 0 Å². The summed E-state index contributed by atoms with van der Waals surface area (Å²) in [6.07, 6.45) is 4.27. The number of hydrogen-bond acceptors (Lipinski definition) is 4. The SMILES string of the molecule is Cc1cc2nccc(Oc3ccc(CC(=O)CC4CC4)c(Cl)c3)c2cc1C(=O)NC1CC1F. The van der Waals surface area contributed by atoms with Gasteiger partial charge in [-0.25, -0.2) is 4.39 Å². The van der Waals surface area contributed by atoms with Gasteiger partial charge in [0.25, 0.3) is 5.91 Å². The van der Waals surface area contributed by atoms with E-state index in [9.17, 15) is 14.0 Å². The number of fused-ring (bicyclic) bond motifs is 1. The lowest BCUT2D eigenvalue weighted by atomic mass is 10.0. The Kier molecular flexibility index (Phi) is 5.79. The van der Waals surface area contributed by atoms with Crippen LogP contribution in [0.3, 0.4) is 0 Å². The van der Waals surface area contributed by atoms with Crippen molar-refractivity contribution in [3.8, 4) is 11.5 Å². The number of carbonyl (C=O) groups is 2. The van der Waals surface area contributed by atoms with Gasteiger partial charge in [-0.2, -0.15) is 0 Å². The van der Waals surface area contributed by atoms with Crippen LogP contribution in [0.25, 0.3) is 10.9 Å². The van der Waals surface area contributed by atoms with Gasteiger partial charge in [0.1, 0.15) is 23.5 Å². The second kappa shape index (κ2) is 8.75. The van der Waals surface area contributed by atoms with E-state index in [1.165, 1.54) is 0 Å². The van der Waals surface area contributed by atoms with E-state index in [1.807, 2.05) is 19.1 Å². The molecule has 3 aromatic rings. The number of pyridine rings is 1. The van der Waals surface area contributed by atoms with E-state index < -0.39 is 12.2 Å². The Morgan fingerprint density at radius 1 is 1.21 bits per heavy atom. The Morgan fingerprint density at radius 2 is 2.00 bits per heavy atom. The van der Waals surface area contributed by atoms with E-state index in [0.717, 1.165) is 24.0 Å². The number of nitrogens with zero attached hydrogens (tertiary/aromatic N) is 1. The van der Waals surface area contributed by atoms with Gasteiger partial charge < -0.3 is 10.1 Å². The largest absolute Gasteiger partial charge is 0.457 e. The minimum Gasteiger partial charge on any atom is -0.457 e. The van der Waals surface area contributed by atoms with Crippen molar-refractivity contribution in [3.05, 3.63) is 64.3 Å². The van der Waals surface area contributed by atoms with Crippen LogP contribution in [-0.2, 0) is 11.2 Å². The summed E-state index contributed by atoms with van der Waals surface area (Å²) in [6, 6.07) is 10.2. The number of alkyl halides is 1. The van der Waals surface area contributed by atoms with E-state index in [4.69, 9.17) is 16.3 Å². The van der Waals surface area contributed by atoms with Crippen LogP contribution in [0, 0.1) is 12.8 Å². The lowest BCUT2D eigenvalue weighted by Gasteiger charge is -2.13. The zero-order valence-corrected chi connectivity index (χ0v) is 19.0. The number of aryl methyl sites for hydroxylation is 1. The van der Waals surface area contributed by atoms with Crippen molar-refractivity contribution >= 4 is 34.2 Å². The number of hydrogen-bond donors (Lipinski definition) is 1. The summed E-state index contributed by atoms with van der Waals surface area (Å²) in [7, 11) is 0. The van der Waals surface area contributed by atoms with E-state index in [-0.39, 0.29) is 11.7 Å². The predicted octanol–water partition coefficient (Wildman–Crippen LogP) is 5.74. The number of amides is 1. The van der Waals surface area contributed by atoms with Crippen LogP contribution in [0.2, 0.25) is 5.02 Å². The molecular weight excluding hydrogens is 443 g/mol. The zero-order valence-electron chi connectivity index (χ0n) is 18.2. The number of aromatic nitrogens is 1. The Hall–Kier alpha value is -2.99. The number of carbonyl (C=O) groups excluding carboxylic acids is 2. The van der Waals surface area contributed by atoms with Crippen LogP contribution in [0.1, 0.15) is 47.2 Å². The molecule has 1 amide bonds. The van der Waals surface area contributed by atoms with Gasteiger partial charge in [-0.05, 0) is 67.1 Å². The molecule has 2 unspecified atom stereocenters. The second-order valence-electron chi connectivity index (χ2n) is 9.04. The topological polar surface area (TPSA) is 68.3 Å². The molecule has 1 N–H and O–H groups in total. The summed E-state index contributed by atoms with van der Waals surface area (Å²) in [5.74, 6) is 1.50. The normalized spacial score (nSPS) is 19.4. The van der Waals surface area contributed by atoms with Gasteiger partial charge in [-0.1, -0.05) is 17.7 Å². The summed E-state index contributed by atoms with van der Waals surface area (Å²) in [5.41, 5.74) is 2.69. The van der Waals surface area contributed by atoms with Crippen LogP contribution in [0.5, 0.6) is 11.5 Å². The van der Waals surface area contributed by atoms with Crippen molar-refractivity contribution in [2.75, 3.05) is 0 Å². The van der Waals surface area contributed by atoms with Gasteiger partial charge in [-0.3, -0.25) is 14.6 Å². The zero-order chi connectivity index (χ0) is 23.1. The maximum absolute atomic E-state index is 13.2. The molecule has 170 valence electrons. The minimum atomic E-state index is -0.966. The number of ether oxygens (including phenoxy) is 1. The fraction of sp³-hybridized carbons (Fsp3) is 0.346. The van der Waals surface area contributed by atoms with Gasteiger partial charge in [0.05, 0.1) is 11.6 Å². The second-order valence-corrected chi connectivity index (χ2v) is 9.45. The lowest BCUT2D eigenvalue weighted by molar-refractivity contribution is -0.118. The first-order valence-corrected chi connectivity index (χ1v) is 11.6. The fourth-order valence-electron chi connectivity index (χ4n) is 3.96. The summed E-state index contributed by atoms with van der Waals surface area (Å²) >= 11 is 6.44. The molecule has 5 rings (SSSR count). The monoisotopic (exact) mass is 466 g/mol. The minimum absolute atomic E-state index is 0.208. The quantitative estimate of drug-likeness (QED) is 0.459. The highest BCUT2D eigenvalue weighted by Gasteiger charge is 2.39. The first kappa shape index (κ1) is 21.8. The molecule has 0 spiro atoms. The maximum atomic E-state index is 13.2. The number of rotatable bonds is 8. The molecule has 0 aliphatic heterocycles. The van der Waals surface area contributed by atoms with Crippen molar-refractivity contribution in [3.63, 3.8) is 0 Å². The first-order valence-electron chi connectivity index (χ1n) is 11.2. The van der Waals surface area contributed by atoms with Crippen molar-refractivity contribution in [1.82, 2.24) is 10.3 Å². The molecule has 0 bridgehead atoms. The smallest absolute Gasteiger partial charge is 0.251 e. The average Bonchev–Trinajstić information content (AvgIpc) is 3.69. The third kappa shape index (κ3) is 5.01. The summed E-state index contributed by atoms with van der Waals surface area (Å²) in [4.78, 5) is 29.2. The molecule has 7 heteroatoms. The molecule has 2 fully saturated rings. The van der Waals surface area contributed by atoms with Gasteiger partial charge >= 0.3 is 0 Å². The molecule has 5 nitrogen and oxygen atoms in total. The van der Waals surface area contributed by atoms with E-state index in [0.29, 0.717) is 58.2 Å². The third-order valence-corrected chi connectivity index (χ3v) is 6.53. The Morgan fingerprint density at radius 3 is 2.70 bits per heavy atom. The van der Waals surface area contributed by atoms with Crippen LogP contribution in [-0.4, -0.2) is 28.9 Å². The standard InChI is InChI=1S/C26H24ClFN2O3/c1-14-8-23-20(12-19(14)26(32)30-24-13-22(24)28)25(6-7-29-23)33-18-5-4-16(21(27)11-18)10-17(31)9-15-2-3-15/h4-8,11-12,15,22,24H,2-3,9-10,13H2,1H3,(H,30,32). The summed E-state index contributed by atoms with van der Waals surface area (Å²) in [6.45, 7) is 1.83. The lowest BCUT2D eigenvalue weighted by Crippen LogP contribution is -2.27. The van der Waals surface area contributed by atoms with Gasteiger partial charge in [0.15, 0.2) is 0 Å². The van der Waals surface area contributed by atoms with E-state index >= 15 is 0 Å². The Labute approximate surface area is 196 Å². The molecule has 2 saturated carbocycles. The number of nitrogens with one attached hydrogen (secondary N) is 1. The molecule has 1 aromatic heterocycles. The van der Waals surface area contributed by atoms with E-state index in [1.54, 1.807) is 30.5 Å². The molecular formula is C26H24ClFN2O3. The number of Topliss-reactive ketones (excluding diaryl/α,β-unsaturated/α-hetero) is 1. The Bertz CT molecular complexity index is 1260. The van der Waals surface area contributed by atoms with Gasteiger partial charge in [0.2, 0.25) is 0 Å². The maximum Gasteiger partial charge on any atom is 0.251 e. The molecule has 0 saturated heterocycles. The number of ketones is 1. The summed E-state index contributed by atoms with van der Waals surface area (Å²) < 4.78 is 19.3.